The van der Waals surface area contributed by atoms with E-state index < -0.39 is 0 Å². The third-order valence-electron chi connectivity index (χ3n) is 6.83. The highest BCUT2D eigenvalue weighted by Crippen LogP contribution is 2.39. The Balaban J connectivity index is 1.36. The maximum Gasteiger partial charge on any atom is 0.0829 e. The van der Waals surface area contributed by atoms with Gasteiger partial charge in [-0.2, -0.15) is 0 Å². The Labute approximate surface area is 159 Å². The van der Waals surface area contributed by atoms with E-state index in [0.717, 1.165) is 24.1 Å². The van der Waals surface area contributed by atoms with E-state index in [2.05, 4.69) is 24.3 Å². The molecule has 0 aliphatic heterocycles. The molecular formula is C24H35FO. The van der Waals surface area contributed by atoms with Crippen LogP contribution in [0.15, 0.2) is 36.7 Å². The number of rotatable bonds is 7. The summed E-state index contributed by atoms with van der Waals surface area (Å²) in [6.07, 6.45) is 15.8. The third-order valence-corrected chi connectivity index (χ3v) is 6.83. The van der Waals surface area contributed by atoms with E-state index in [1.165, 1.54) is 75.3 Å². The molecule has 26 heavy (non-hydrogen) atoms. The van der Waals surface area contributed by atoms with Gasteiger partial charge >= 0.3 is 0 Å². The van der Waals surface area contributed by atoms with Crippen LogP contribution in [0.2, 0.25) is 0 Å². The van der Waals surface area contributed by atoms with Gasteiger partial charge in [-0.05, 0) is 86.2 Å². The van der Waals surface area contributed by atoms with Crippen LogP contribution in [0.1, 0.15) is 81.3 Å². The molecule has 2 fully saturated rings. The Hall–Kier alpha value is -1.15. The zero-order chi connectivity index (χ0) is 18.2. The maximum atomic E-state index is 12.3. The lowest BCUT2D eigenvalue weighted by Crippen LogP contribution is -2.17. The zero-order valence-corrected chi connectivity index (χ0v) is 16.3. The number of methoxy groups -OCH3 is 1. The Morgan fingerprint density at radius 2 is 1.46 bits per heavy atom. The van der Waals surface area contributed by atoms with Gasteiger partial charge in [-0.25, -0.2) is 4.39 Å². The van der Waals surface area contributed by atoms with Crippen LogP contribution in [0.25, 0.3) is 0 Å². The first-order valence-electron chi connectivity index (χ1n) is 10.6. The summed E-state index contributed by atoms with van der Waals surface area (Å²) in [6, 6.07) is 9.06. The van der Waals surface area contributed by atoms with E-state index in [0.29, 0.717) is 12.5 Å². The van der Waals surface area contributed by atoms with Gasteiger partial charge in [0.15, 0.2) is 0 Å². The minimum Gasteiger partial charge on any atom is -0.380 e. The van der Waals surface area contributed by atoms with Crippen LogP contribution < -0.4 is 0 Å². The van der Waals surface area contributed by atoms with Crippen molar-refractivity contribution in [1.29, 1.82) is 0 Å². The second kappa shape index (κ2) is 10.3. The fourth-order valence-electron chi connectivity index (χ4n) is 5.08. The van der Waals surface area contributed by atoms with Crippen LogP contribution in [0.4, 0.5) is 4.39 Å². The predicted molar refractivity (Wildman–Crippen MR) is 107 cm³/mol. The highest BCUT2D eigenvalue weighted by atomic mass is 19.1. The SMILES string of the molecule is COCc1ccc(C2CCC(CCC3CCC(C=CF)CC3)CC2)cc1. The number of hydrogen-bond acceptors (Lipinski definition) is 1. The van der Waals surface area contributed by atoms with E-state index in [-0.39, 0.29) is 0 Å². The monoisotopic (exact) mass is 358 g/mol. The molecule has 0 aromatic heterocycles. The number of hydrogen-bond donors (Lipinski definition) is 0. The number of halogens is 1. The van der Waals surface area contributed by atoms with E-state index in [9.17, 15) is 4.39 Å². The minimum absolute atomic E-state index is 0.502. The number of ether oxygens (including phenoxy) is 1. The lowest BCUT2D eigenvalue weighted by atomic mass is 9.74. The normalized spacial score (nSPS) is 29.9. The van der Waals surface area contributed by atoms with Crippen molar-refractivity contribution in [3.05, 3.63) is 47.8 Å². The molecule has 2 aliphatic rings. The van der Waals surface area contributed by atoms with Gasteiger partial charge in [0.05, 0.1) is 12.9 Å². The highest BCUT2D eigenvalue weighted by molar-refractivity contribution is 5.25. The first-order valence-corrected chi connectivity index (χ1v) is 10.6. The van der Waals surface area contributed by atoms with Gasteiger partial charge in [-0.3, -0.25) is 0 Å². The van der Waals surface area contributed by atoms with Crippen molar-refractivity contribution in [3.8, 4) is 0 Å². The second-order valence-electron chi connectivity index (χ2n) is 8.57. The van der Waals surface area contributed by atoms with Crippen molar-refractivity contribution >= 4 is 0 Å². The average Bonchev–Trinajstić information content (AvgIpc) is 2.69. The summed E-state index contributed by atoms with van der Waals surface area (Å²) >= 11 is 0. The Bertz CT molecular complexity index is 534. The average molecular weight is 359 g/mol. The molecule has 2 saturated carbocycles. The van der Waals surface area contributed by atoms with E-state index >= 15 is 0 Å². The fraction of sp³-hybridized carbons (Fsp3) is 0.667. The van der Waals surface area contributed by atoms with Gasteiger partial charge in [-0.15, -0.1) is 0 Å². The summed E-state index contributed by atoms with van der Waals surface area (Å²) < 4.78 is 17.5. The van der Waals surface area contributed by atoms with Crippen LogP contribution in [0.3, 0.4) is 0 Å². The van der Waals surface area contributed by atoms with Gasteiger partial charge < -0.3 is 4.74 Å². The maximum absolute atomic E-state index is 12.3. The summed E-state index contributed by atoms with van der Waals surface area (Å²) in [5.41, 5.74) is 2.78. The van der Waals surface area contributed by atoms with Gasteiger partial charge in [0.2, 0.25) is 0 Å². The van der Waals surface area contributed by atoms with Gasteiger partial charge in [0, 0.05) is 7.11 Å². The summed E-state index contributed by atoms with van der Waals surface area (Å²) in [6.45, 7) is 0.707. The molecule has 0 spiro atoms. The van der Waals surface area contributed by atoms with E-state index in [1.807, 2.05) is 0 Å². The van der Waals surface area contributed by atoms with Crippen LogP contribution in [-0.2, 0) is 11.3 Å². The van der Waals surface area contributed by atoms with E-state index in [4.69, 9.17) is 4.74 Å². The topological polar surface area (TPSA) is 9.23 Å². The lowest BCUT2D eigenvalue weighted by Gasteiger charge is -2.31. The quantitative estimate of drug-likeness (QED) is 0.502. The molecule has 1 aromatic carbocycles. The molecule has 0 saturated heterocycles. The highest BCUT2D eigenvalue weighted by Gasteiger charge is 2.24. The van der Waals surface area contributed by atoms with Crippen LogP contribution >= 0.6 is 0 Å². The molecule has 1 aromatic rings. The van der Waals surface area contributed by atoms with Crippen molar-refractivity contribution in [1.82, 2.24) is 0 Å². The van der Waals surface area contributed by atoms with Crippen LogP contribution in [-0.4, -0.2) is 7.11 Å². The first-order chi connectivity index (χ1) is 12.8. The Morgan fingerprint density at radius 1 is 0.885 bits per heavy atom. The predicted octanol–water partition coefficient (Wildman–Crippen LogP) is 7.18. The van der Waals surface area contributed by atoms with Crippen molar-refractivity contribution in [2.75, 3.05) is 7.11 Å². The van der Waals surface area contributed by atoms with Gasteiger partial charge in [0.25, 0.3) is 0 Å². The molecule has 0 radical (unpaired) electrons. The van der Waals surface area contributed by atoms with Crippen LogP contribution in [0.5, 0.6) is 0 Å². The molecule has 144 valence electrons. The molecule has 3 rings (SSSR count). The largest absolute Gasteiger partial charge is 0.380 e. The van der Waals surface area contributed by atoms with E-state index in [1.54, 1.807) is 13.2 Å². The number of allylic oxidation sites excluding steroid dienone is 1. The molecule has 0 N–H and O–H groups in total. The second-order valence-corrected chi connectivity index (χ2v) is 8.57. The van der Waals surface area contributed by atoms with Gasteiger partial charge in [-0.1, -0.05) is 43.2 Å². The minimum atomic E-state index is 0.502. The molecular weight excluding hydrogens is 323 g/mol. The molecule has 2 heteroatoms. The Kier molecular flexibility index (Phi) is 7.73. The summed E-state index contributed by atoms with van der Waals surface area (Å²) in [7, 11) is 1.75. The number of benzene rings is 1. The molecule has 0 amide bonds. The molecule has 0 bridgehead atoms. The summed E-state index contributed by atoms with van der Waals surface area (Å²) in [5, 5.41) is 0. The molecule has 0 unspecified atom stereocenters. The zero-order valence-electron chi connectivity index (χ0n) is 16.3. The third kappa shape index (κ3) is 5.67. The molecule has 0 heterocycles. The summed E-state index contributed by atoms with van der Waals surface area (Å²) in [4.78, 5) is 0. The van der Waals surface area contributed by atoms with Crippen molar-refractivity contribution in [2.24, 2.45) is 17.8 Å². The fourth-order valence-corrected chi connectivity index (χ4v) is 5.08. The van der Waals surface area contributed by atoms with Crippen molar-refractivity contribution in [3.63, 3.8) is 0 Å². The smallest absolute Gasteiger partial charge is 0.0829 e. The summed E-state index contributed by atoms with van der Waals surface area (Å²) in [5.74, 6) is 3.08. The van der Waals surface area contributed by atoms with Gasteiger partial charge in [0.1, 0.15) is 0 Å². The van der Waals surface area contributed by atoms with Crippen LogP contribution in [0, 0.1) is 17.8 Å². The lowest BCUT2D eigenvalue weighted by molar-refractivity contribution is 0.185. The van der Waals surface area contributed by atoms with Crippen molar-refractivity contribution < 1.29 is 9.13 Å². The molecule has 1 nitrogen and oxygen atoms in total. The van der Waals surface area contributed by atoms with Crippen molar-refractivity contribution in [2.45, 2.75) is 76.7 Å². The molecule has 2 aliphatic carbocycles. The Morgan fingerprint density at radius 3 is 2.00 bits per heavy atom. The first kappa shape index (κ1) is 19.6. The standard InChI is InChI=1S/C24H35FO/c1-26-18-22-10-14-24(15-11-22)23-12-8-20(9-13-23)3-2-19-4-6-21(7-5-19)16-17-25/h10-11,14-17,19-21,23H,2-9,12-13,18H2,1H3. The molecule has 0 atom stereocenters.